The van der Waals surface area contributed by atoms with E-state index < -0.39 is 5.97 Å². The van der Waals surface area contributed by atoms with Crippen LogP contribution in [0.3, 0.4) is 0 Å². The molecule has 0 aliphatic carbocycles. The van der Waals surface area contributed by atoms with E-state index in [4.69, 9.17) is 0 Å². The Morgan fingerprint density at radius 1 is 1.43 bits per heavy atom. The van der Waals surface area contributed by atoms with E-state index >= 15 is 0 Å². The van der Waals surface area contributed by atoms with Gasteiger partial charge in [-0.15, -0.1) is 0 Å². The summed E-state index contributed by atoms with van der Waals surface area (Å²) in [4.78, 5) is 13.3. The van der Waals surface area contributed by atoms with E-state index in [2.05, 4.69) is 11.8 Å². The smallest absolute Gasteiger partial charge is 0.321 e. The normalized spacial score (nSPS) is 26.4. The summed E-state index contributed by atoms with van der Waals surface area (Å²) >= 11 is 0. The van der Waals surface area contributed by atoms with E-state index in [1.807, 2.05) is 13.8 Å². The molecular weight excluding hydrogens is 178 g/mol. The second-order valence-electron chi connectivity index (χ2n) is 4.61. The van der Waals surface area contributed by atoms with Gasteiger partial charge in [0, 0.05) is 6.04 Å². The first-order valence-corrected chi connectivity index (χ1v) is 5.52. The fraction of sp³-hybridized carbons (Fsp3) is 0.909. The first kappa shape index (κ1) is 11.5. The molecule has 0 amide bonds. The zero-order valence-corrected chi connectivity index (χ0v) is 9.36. The summed E-state index contributed by atoms with van der Waals surface area (Å²) < 4.78 is 0. The molecular formula is C11H21NO2. The zero-order chi connectivity index (χ0) is 10.7. The second kappa shape index (κ2) is 4.78. The molecule has 1 aliphatic heterocycles. The van der Waals surface area contributed by atoms with E-state index in [9.17, 15) is 9.90 Å². The maximum absolute atomic E-state index is 11.1. The maximum Gasteiger partial charge on any atom is 0.321 e. The third-order valence-electron chi connectivity index (χ3n) is 3.10. The lowest BCUT2D eigenvalue weighted by atomic mass is 9.95. The molecule has 82 valence electrons. The monoisotopic (exact) mass is 199 g/mol. The van der Waals surface area contributed by atoms with Gasteiger partial charge in [-0.3, -0.25) is 9.69 Å². The molecule has 2 atom stereocenters. The minimum Gasteiger partial charge on any atom is -0.480 e. The number of aliphatic carboxylic acids is 1. The lowest BCUT2D eigenvalue weighted by Gasteiger charge is -2.39. The largest absolute Gasteiger partial charge is 0.480 e. The predicted octanol–water partition coefficient (Wildman–Crippen LogP) is 1.97. The molecule has 1 N–H and O–H groups in total. The molecule has 1 rings (SSSR count). The molecule has 3 nitrogen and oxygen atoms in total. The Morgan fingerprint density at radius 2 is 2.07 bits per heavy atom. The molecule has 1 saturated heterocycles. The zero-order valence-electron chi connectivity index (χ0n) is 9.36. The van der Waals surface area contributed by atoms with E-state index in [0.717, 1.165) is 19.4 Å². The fourth-order valence-electron chi connectivity index (χ4n) is 2.34. The van der Waals surface area contributed by atoms with Crippen LogP contribution in [-0.2, 0) is 4.79 Å². The van der Waals surface area contributed by atoms with Crippen LogP contribution in [0.25, 0.3) is 0 Å². The quantitative estimate of drug-likeness (QED) is 0.755. The first-order valence-electron chi connectivity index (χ1n) is 5.52. The summed E-state index contributed by atoms with van der Waals surface area (Å²) in [6, 6.07) is 0.123. The van der Waals surface area contributed by atoms with Gasteiger partial charge < -0.3 is 5.11 Å². The number of likely N-dealkylation sites (tertiary alicyclic amines) is 1. The van der Waals surface area contributed by atoms with Crippen molar-refractivity contribution in [3.05, 3.63) is 0 Å². The van der Waals surface area contributed by atoms with Gasteiger partial charge in [0.1, 0.15) is 6.04 Å². The van der Waals surface area contributed by atoms with Gasteiger partial charge in [-0.25, -0.2) is 0 Å². The molecule has 1 fully saturated rings. The van der Waals surface area contributed by atoms with Crippen LogP contribution in [0.2, 0.25) is 0 Å². The van der Waals surface area contributed by atoms with Crippen molar-refractivity contribution in [2.45, 2.75) is 52.1 Å². The minimum absolute atomic E-state index is 0.188. The molecule has 2 unspecified atom stereocenters. The van der Waals surface area contributed by atoms with Gasteiger partial charge in [0.2, 0.25) is 0 Å². The Balaban J connectivity index is 2.70. The number of carbonyl (C=O) groups is 1. The van der Waals surface area contributed by atoms with Crippen molar-refractivity contribution in [1.82, 2.24) is 4.90 Å². The molecule has 0 aromatic carbocycles. The summed E-state index contributed by atoms with van der Waals surface area (Å²) in [6.45, 7) is 7.05. The van der Waals surface area contributed by atoms with E-state index in [0.29, 0.717) is 6.04 Å². The van der Waals surface area contributed by atoms with Crippen LogP contribution in [-0.4, -0.2) is 34.6 Å². The second-order valence-corrected chi connectivity index (χ2v) is 4.61. The van der Waals surface area contributed by atoms with Gasteiger partial charge in [0.25, 0.3) is 0 Å². The predicted molar refractivity (Wildman–Crippen MR) is 56.3 cm³/mol. The van der Waals surface area contributed by atoms with Crippen molar-refractivity contribution in [2.75, 3.05) is 6.54 Å². The highest BCUT2D eigenvalue weighted by molar-refractivity contribution is 5.73. The van der Waals surface area contributed by atoms with Crippen LogP contribution in [0.4, 0.5) is 0 Å². The summed E-state index contributed by atoms with van der Waals surface area (Å²) in [5, 5.41) is 9.17. The average Bonchev–Trinajstić information content (AvgIpc) is 2.07. The molecule has 1 aliphatic rings. The van der Waals surface area contributed by atoms with Gasteiger partial charge >= 0.3 is 5.97 Å². The van der Waals surface area contributed by atoms with Gasteiger partial charge in [0.15, 0.2) is 0 Å². The Bertz CT molecular complexity index is 203. The van der Waals surface area contributed by atoms with Crippen molar-refractivity contribution in [1.29, 1.82) is 0 Å². The molecule has 0 radical (unpaired) electrons. The highest BCUT2D eigenvalue weighted by Crippen LogP contribution is 2.22. The van der Waals surface area contributed by atoms with Crippen LogP contribution in [0.15, 0.2) is 0 Å². The Hall–Kier alpha value is -0.570. The Morgan fingerprint density at radius 3 is 2.50 bits per heavy atom. The molecule has 14 heavy (non-hydrogen) atoms. The van der Waals surface area contributed by atoms with Crippen molar-refractivity contribution < 1.29 is 9.90 Å². The van der Waals surface area contributed by atoms with Gasteiger partial charge in [-0.05, 0) is 32.2 Å². The molecule has 0 saturated carbocycles. The van der Waals surface area contributed by atoms with Crippen molar-refractivity contribution in [2.24, 2.45) is 5.92 Å². The van der Waals surface area contributed by atoms with E-state index in [-0.39, 0.29) is 12.0 Å². The maximum atomic E-state index is 11.1. The number of piperidine rings is 1. The van der Waals surface area contributed by atoms with Crippen molar-refractivity contribution in [3.8, 4) is 0 Å². The summed E-state index contributed by atoms with van der Waals surface area (Å²) in [5.74, 6) is -0.484. The van der Waals surface area contributed by atoms with Gasteiger partial charge in [-0.1, -0.05) is 20.3 Å². The minimum atomic E-state index is -0.672. The molecule has 0 aromatic rings. The highest BCUT2D eigenvalue weighted by atomic mass is 16.4. The first-order chi connectivity index (χ1) is 6.54. The number of hydrogen-bond donors (Lipinski definition) is 1. The molecule has 0 spiro atoms. The number of rotatable bonds is 3. The Kier molecular flexibility index (Phi) is 3.93. The molecule has 0 aromatic heterocycles. The van der Waals surface area contributed by atoms with Gasteiger partial charge in [0.05, 0.1) is 0 Å². The Labute approximate surface area is 86.1 Å². The summed E-state index contributed by atoms with van der Waals surface area (Å²) in [7, 11) is 0. The van der Waals surface area contributed by atoms with E-state index in [1.54, 1.807) is 0 Å². The standard InChI is InChI=1S/C11H21NO2/c1-8(2)10(11(13)14)12-7-5-4-6-9(12)3/h8-10H,4-7H2,1-3H3,(H,13,14). The lowest BCUT2D eigenvalue weighted by Crippen LogP contribution is -2.51. The number of hydrogen-bond acceptors (Lipinski definition) is 2. The van der Waals surface area contributed by atoms with Crippen LogP contribution < -0.4 is 0 Å². The summed E-state index contributed by atoms with van der Waals surface area (Å²) in [6.07, 6.45) is 3.51. The average molecular weight is 199 g/mol. The van der Waals surface area contributed by atoms with E-state index in [1.165, 1.54) is 6.42 Å². The molecule has 0 bridgehead atoms. The number of nitrogens with zero attached hydrogens (tertiary/aromatic N) is 1. The van der Waals surface area contributed by atoms with Crippen molar-refractivity contribution >= 4 is 5.97 Å². The van der Waals surface area contributed by atoms with Crippen molar-refractivity contribution in [3.63, 3.8) is 0 Å². The lowest BCUT2D eigenvalue weighted by molar-refractivity contribution is -0.146. The third kappa shape index (κ3) is 2.47. The van der Waals surface area contributed by atoms with Crippen LogP contribution in [0.1, 0.15) is 40.0 Å². The van der Waals surface area contributed by atoms with Crippen LogP contribution in [0.5, 0.6) is 0 Å². The van der Waals surface area contributed by atoms with Crippen LogP contribution >= 0.6 is 0 Å². The molecule has 1 heterocycles. The fourth-order valence-corrected chi connectivity index (χ4v) is 2.34. The number of carboxylic acids is 1. The van der Waals surface area contributed by atoms with Crippen LogP contribution in [0, 0.1) is 5.92 Å². The molecule has 3 heteroatoms. The third-order valence-corrected chi connectivity index (χ3v) is 3.10. The number of carboxylic acid groups (broad SMARTS) is 1. The highest BCUT2D eigenvalue weighted by Gasteiger charge is 2.32. The topological polar surface area (TPSA) is 40.5 Å². The SMILES string of the molecule is CC(C)C(C(=O)O)N1CCCCC1C. The summed E-state index contributed by atoms with van der Waals surface area (Å²) in [5.41, 5.74) is 0. The van der Waals surface area contributed by atoms with Gasteiger partial charge in [-0.2, -0.15) is 0 Å².